The monoisotopic (exact) mass is 343 g/mol. The van der Waals surface area contributed by atoms with Gasteiger partial charge in [-0.2, -0.15) is 0 Å². The van der Waals surface area contributed by atoms with E-state index in [1.54, 1.807) is 18.2 Å². The van der Waals surface area contributed by atoms with Crippen LogP contribution in [-0.4, -0.2) is 29.8 Å². The lowest BCUT2D eigenvalue weighted by molar-refractivity contribution is -0.129. The van der Waals surface area contributed by atoms with Gasteiger partial charge in [0.1, 0.15) is 12.1 Å². The Morgan fingerprint density at radius 3 is 2.68 bits per heavy atom. The molecule has 1 heterocycles. The van der Waals surface area contributed by atoms with Crippen molar-refractivity contribution in [2.75, 3.05) is 0 Å². The van der Waals surface area contributed by atoms with Gasteiger partial charge in [0.05, 0.1) is 0 Å². The summed E-state index contributed by atoms with van der Waals surface area (Å²) < 4.78 is 0. The normalized spacial score (nSPS) is 18.6. The van der Waals surface area contributed by atoms with Crippen LogP contribution >= 0.6 is 23.2 Å². The van der Waals surface area contributed by atoms with Gasteiger partial charge in [0.15, 0.2) is 0 Å². The Labute approximate surface area is 137 Å². The third-order valence-electron chi connectivity index (χ3n) is 3.41. The fourth-order valence-corrected chi connectivity index (χ4v) is 2.70. The SMILES string of the molecule is NC(=O)[C@@H](Cc1ccc(Cl)cc1Cl)NC(=O)[C@@H]1CCC(=O)N1. The topological polar surface area (TPSA) is 101 Å². The third kappa shape index (κ3) is 4.11. The molecule has 2 rings (SSSR count). The van der Waals surface area contributed by atoms with E-state index in [1.807, 2.05) is 0 Å². The first kappa shape index (κ1) is 16.6. The number of hydrogen-bond acceptors (Lipinski definition) is 3. The lowest BCUT2D eigenvalue weighted by Gasteiger charge is -2.19. The van der Waals surface area contributed by atoms with Crippen molar-refractivity contribution in [1.82, 2.24) is 10.6 Å². The average molecular weight is 344 g/mol. The number of amides is 3. The van der Waals surface area contributed by atoms with E-state index in [9.17, 15) is 14.4 Å². The highest BCUT2D eigenvalue weighted by atomic mass is 35.5. The van der Waals surface area contributed by atoms with Gasteiger partial charge in [-0.05, 0) is 24.1 Å². The maximum Gasteiger partial charge on any atom is 0.243 e. The number of carbonyl (C=O) groups excluding carboxylic acids is 3. The van der Waals surface area contributed by atoms with Crippen LogP contribution in [0.3, 0.4) is 0 Å². The number of nitrogens with one attached hydrogen (secondary N) is 2. The molecular formula is C14H15Cl2N3O3. The lowest BCUT2D eigenvalue weighted by atomic mass is 10.0. The second-order valence-corrected chi connectivity index (χ2v) is 5.91. The number of halogens is 2. The molecule has 0 bridgehead atoms. The summed E-state index contributed by atoms with van der Waals surface area (Å²) in [5.74, 6) is -1.29. The number of benzene rings is 1. The number of hydrogen-bond donors (Lipinski definition) is 3. The molecule has 1 aromatic carbocycles. The standard InChI is InChI=1S/C14H15Cl2N3O3/c15-8-2-1-7(9(16)6-8)5-11(13(17)21)19-14(22)10-3-4-12(20)18-10/h1-2,6,10-11H,3-5H2,(H2,17,21)(H,18,20)(H,19,22)/t10-,11+/m0/s1. The van der Waals surface area contributed by atoms with Crippen molar-refractivity contribution in [2.24, 2.45) is 5.73 Å². The highest BCUT2D eigenvalue weighted by Crippen LogP contribution is 2.22. The van der Waals surface area contributed by atoms with Gasteiger partial charge in [0, 0.05) is 22.9 Å². The van der Waals surface area contributed by atoms with Crippen LogP contribution in [0, 0.1) is 0 Å². The van der Waals surface area contributed by atoms with Crippen molar-refractivity contribution >= 4 is 40.9 Å². The number of primary amides is 1. The van der Waals surface area contributed by atoms with Gasteiger partial charge in [0.2, 0.25) is 17.7 Å². The van der Waals surface area contributed by atoms with Crippen LogP contribution in [0.15, 0.2) is 18.2 Å². The zero-order chi connectivity index (χ0) is 16.3. The highest BCUT2D eigenvalue weighted by molar-refractivity contribution is 6.35. The molecule has 1 fully saturated rings. The first-order chi connectivity index (χ1) is 10.4. The van der Waals surface area contributed by atoms with Crippen LogP contribution in [0.1, 0.15) is 18.4 Å². The van der Waals surface area contributed by atoms with Gasteiger partial charge >= 0.3 is 0 Å². The molecule has 0 radical (unpaired) electrons. The molecule has 2 atom stereocenters. The van der Waals surface area contributed by atoms with Crippen molar-refractivity contribution < 1.29 is 14.4 Å². The minimum Gasteiger partial charge on any atom is -0.368 e. The molecule has 1 aliphatic heterocycles. The first-order valence-electron chi connectivity index (χ1n) is 6.70. The average Bonchev–Trinajstić information content (AvgIpc) is 2.87. The van der Waals surface area contributed by atoms with Gasteiger partial charge in [-0.25, -0.2) is 0 Å². The quantitative estimate of drug-likeness (QED) is 0.736. The Hall–Kier alpha value is -1.79. The molecule has 0 unspecified atom stereocenters. The van der Waals surface area contributed by atoms with Crippen molar-refractivity contribution in [3.8, 4) is 0 Å². The minimum absolute atomic E-state index is 0.151. The lowest BCUT2D eigenvalue weighted by Crippen LogP contribution is -2.51. The Balaban J connectivity index is 2.05. The molecule has 1 saturated heterocycles. The van der Waals surface area contributed by atoms with Crippen molar-refractivity contribution in [3.63, 3.8) is 0 Å². The summed E-state index contributed by atoms with van der Waals surface area (Å²) in [5.41, 5.74) is 5.97. The molecule has 8 heteroatoms. The summed E-state index contributed by atoms with van der Waals surface area (Å²) in [7, 11) is 0. The van der Waals surface area contributed by atoms with E-state index in [0.717, 1.165) is 0 Å². The van der Waals surface area contributed by atoms with Crippen LogP contribution in [0.2, 0.25) is 10.0 Å². The predicted molar refractivity (Wildman–Crippen MR) is 82.5 cm³/mol. The summed E-state index contributed by atoms with van der Waals surface area (Å²) in [4.78, 5) is 34.7. The number of nitrogens with two attached hydrogens (primary N) is 1. The molecule has 4 N–H and O–H groups in total. The Morgan fingerprint density at radius 2 is 2.14 bits per heavy atom. The maximum absolute atomic E-state index is 12.0. The Kier molecular flexibility index (Phi) is 5.26. The summed E-state index contributed by atoms with van der Waals surface area (Å²) >= 11 is 11.9. The Morgan fingerprint density at radius 1 is 1.41 bits per heavy atom. The molecule has 0 spiro atoms. The molecular weight excluding hydrogens is 329 g/mol. The van der Waals surface area contributed by atoms with E-state index in [1.165, 1.54) is 0 Å². The first-order valence-corrected chi connectivity index (χ1v) is 7.45. The largest absolute Gasteiger partial charge is 0.368 e. The predicted octanol–water partition coefficient (Wildman–Crippen LogP) is 0.785. The van der Waals surface area contributed by atoms with Crippen molar-refractivity contribution in [3.05, 3.63) is 33.8 Å². The van der Waals surface area contributed by atoms with Gasteiger partial charge in [-0.15, -0.1) is 0 Å². The Bertz CT molecular complexity index is 621. The summed E-state index contributed by atoms with van der Waals surface area (Å²) in [6, 6.07) is 3.32. The van der Waals surface area contributed by atoms with Crippen molar-refractivity contribution in [2.45, 2.75) is 31.3 Å². The minimum atomic E-state index is -0.913. The fourth-order valence-electron chi connectivity index (χ4n) is 2.21. The van der Waals surface area contributed by atoms with Crippen LogP contribution in [0.4, 0.5) is 0 Å². The number of rotatable bonds is 5. The molecule has 6 nitrogen and oxygen atoms in total. The summed E-state index contributed by atoms with van der Waals surface area (Å²) in [6.45, 7) is 0. The van der Waals surface area contributed by atoms with Crippen LogP contribution in [-0.2, 0) is 20.8 Å². The van der Waals surface area contributed by atoms with E-state index < -0.39 is 23.9 Å². The van der Waals surface area contributed by atoms with Gasteiger partial charge in [0.25, 0.3) is 0 Å². The van der Waals surface area contributed by atoms with E-state index in [2.05, 4.69) is 10.6 Å². The fraction of sp³-hybridized carbons (Fsp3) is 0.357. The van der Waals surface area contributed by atoms with E-state index in [4.69, 9.17) is 28.9 Å². The second kappa shape index (κ2) is 6.98. The molecule has 118 valence electrons. The smallest absolute Gasteiger partial charge is 0.243 e. The molecule has 22 heavy (non-hydrogen) atoms. The molecule has 1 aliphatic rings. The highest BCUT2D eigenvalue weighted by Gasteiger charge is 2.30. The molecule has 0 aliphatic carbocycles. The second-order valence-electron chi connectivity index (χ2n) is 5.06. The van der Waals surface area contributed by atoms with E-state index in [-0.39, 0.29) is 12.3 Å². The molecule has 0 aromatic heterocycles. The third-order valence-corrected chi connectivity index (χ3v) is 4.00. The van der Waals surface area contributed by atoms with Crippen LogP contribution in [0.5, 0.6) is 0 Å². The zero-order valence-electron chi connectivity index (χ0n) is 11.6. The molecule has 0 saturated carbocycles. The summed E-state index contributed by atoms with van der Waals surface area (Å²) in [5, 5.41) is 5.95. The van der Waals surface area contributed by atoms with Gasteiger partial charge < -0.3 is 16.4 Å². The van der Waals surface area contributed by atoms with Crippen molar-refractivity contribution in [1.29, 1.82) is 0 Å². The van der Waals surface area contributed by atoms with E-state index >= 15 is 0 Å². The van der Waals surface area contributed by atoms with Gasteiger partial charge in [-0.1, -0.05) is 29.3 Å². The van der Waals surface area contributed by atoms with E-state index in [0.29, 0.717) is 28.5 Å². The molecule has 1 aromatic rings. The molecule has 3 amide bonds. The zero-order valence-corrected chi connectivity index (χ0v) is 13.1. The van der Waals surface area contributed by atoms with Crippen LogP contribution < -0.4 is 16.4 Å². The van der Waals surface area contributed by atoms with Gasteiger partial charge in [-0.3, -0.25) is 14.4 Å². The number of carbonyl (C=O) groups is 3. The van der Waals surface area contributed by atoms with Crippen LogP contribution in [0.25, 0.3) is 0 Å². The maximum atomic E-state index is 12.0. The summed E-state index contributed by atoms with van der Waals surface area (Å²) in [6.07, 6.45) is 0.845.